The molecule has 2 unspecified atom stereocenters. The number of nitrogens with zero attached hydrogens (tertiary/aromatic N) is 2. The van der Waals surface area contributed by atoms with Crippen molar-refractivity contribution < 1.29 is 8.97 Å². The van der Waals surface area contributed by atoms with Crippen molar-refractivity contribution in [1.82, 2.24) is 0 Å². The van der Waals surface area contributed by atoms with E-state index in [2.05, 4.69) is 40.1 Å². The Morgan fingerprint density at radius 2 is 1.24 bits per heavy atom. The van der Waals surface area contributed by atoms with Gasteiger partial charge in [0.1, 0.15) is 0 Å². The first-order chi connectivity index (χ1) is 10.0. The molecule has 5 heterocycles. The largest absolute Gasteiger partial charge is 0.300 e. The zero-order valence-corrected chi connectivity index (χ0v) is 14.5. The number of hydrogen-bond donors (Lipinski definition) is 0. The van der Waals surface area contributed by atoms with E-state index < -0.39 is 0 Å². The summed E-state index contributed by atoms with van der Waals surface area (Å²) in [6.07, 6.45) is 14.3. The summed E-state index contributed by atoms with van der Waals surface area (Å²) < 4.78 is 2.60. The number of hydrogen-bond acceptors (Lipinski definition) is 0. The molecule has 0 saturated carbocycles. The summed E-state index contributed by atoms with van der Waals surface area (Å²) in [6.45, 7) is 12.2. The van der Waals surface area contributed by atoms with Gasteiger partial charge in [0.05, 0.1) is 12.1 Å². The van der Waals surface area contributed by atoms with E-state index in [4.69, 9.17) is 0 Å². The van der Waals surface area contributed by atoms with E-state index in [1.165, 1.54) is 54.2 Å². The van der Waals surface area contributed by atoms with Gasteiger partial charge in [-0.2, -0.15) is 0 Å². The second-order valence-electron chi connectivity index (χ2n) is 8.99. The molecule has 0 N–H and O–H groups in total. The first kappa shape index (κ1) is 14.3. The second kappa shape index (κ2) is 4.61. The van der Waals surface area contributed by atoms with Crippen molar-refractivity contribution in [2.45, 2.75) is 96.0 Å². The first-order valence-corrected chi connectivity index (χ1v) is 9.46. The minimum Gasteiger partial charge on any atom is -0.205 e. The maximum Gasteiger partial charge on any atom is 0.300 e. The fraction of sp³-hybridized carbons (Fsp3) is 0.889. The number of rotatable bonds is 3. The minimum atomic E-state index is 0.751. The predicted molar refractivity (Wildman–Crippen MR) is 89.5 cm³/mol. The fourth-order valence-corrected chi connectivity index (χ4v) is 6.55. The first-order valence-electron chi connectivity index (χ1n) is 9.46. The predicted octanol–water partition coefficient (Wildman–Crippen LogP) is 4.36. The van der Waals surface area contributed by atoms with Crippen molar-refractivity contribution in [2.75, 3.05) is 6.67 Å². The van der Waals surface area contributed by atoms with E-state index in [1.807, 2.05) is 0 Å². The highest BCUT2D eigenvalue weighted by Gasteiger charge is 2.76. The number of fused-ring (bicyclic) bond motifs is 3. The molecule has 3 saturated heterocycles. The highest BCUT2D eigenvalue weighted by atomic mass is 15.8. The zero-order valence-electron chi connectivity index (χ0n) is 14.5. The summed E-state index contributed by atoms with van der Waals surface area (Å²) in [5.41, 5.74) is 0. The van der Waals surface area contributed by atoms with E-state index in [9.17, 15) is 0 Å². The molecule has 0 spiro atoms. The third kappa shape index (κ3) is 1.68. The molecule has 2 atom stereocenters. The summed E-state index contributed by atoms with van der Waals surface area (Å²) in [6, 6.07) is 2.36. The number of quaternary nitrogens is 2. The molecule has 5 aliphatic heterocycles. The van der Waals surface area contributed by atoms with Crippen molar-refractivity contribution in [1.29, 1.82) is 0 Å². The van der Waals surface area contributed by atoms with Crippen molar-refractivity contribution in [2.24, 2.45) is 0 Å². The van der Waals surface area contributed by atoms with Crippen molar-refractivity contribution >= 4 is 6.71 Å². The van der Waals surface area contributed by atoms with Gasteiger partial charge in [-0.15, -0.1) is 0 Å². The van der Waals surface area contributed by atoms with Crippen LogP contribution >= 0.6 is 0 Å². The van der Waals surface area contributed by atoms with Gasteiger partial charge in [-0.3, -0.25) is 0 Å². The minimum absolute atomic E-state index is 0.751. The Kier molecular flexibility index (Phi) is 3.15. The lowest BCUT2D eigenvalue weighted by molar-refractivity contribution is -1.24. The van der Waals surface area contributed by atoms with E-state index in [0.29, 0.717) is 0 Å². The lowest BCUT2D eigenvalue weighted by Gasteiger charge is -2.62. The molecular formula is C18H33BN2+2. The van der Waals surface area contributed by atoms with Gasteiger partial charge in [0, 0.05) is 0 Å². The second-order valence-corrected chi connectivity index (χ2v) is 8.99. The molecule has 0 aromatic carbocycles. The van der Waals surface area contributed by atoms with E-state index in [0.717, 1.165) is 36.5 Å². The van der Waals surface area contributed by atoms with E-state index in [1.54, 1.807) is 0 Å². The monoisotopic (exact) mass is 288 g/mol. The summed E-state index contributed by atoms with van der Waals surface area (Å²) in [5, 5.41) is 0. The van der Waals surface area contributed by atoms with Crippen molar-refractivity contribution in [3.05, 3.63) is 12.4 Å². The summed E-state index contributed by atoms with van der Waals surface area (Å²) in [5.74, 6) is 2.07. The molecular weight excluding hydrogens is 255 g/mol. The maximum absolute atomic E-state index is 2.60. The molecule has 3 fully saturated rings. The topological polar surface area (TPSA) is 0 Å². The van der Waals surface area contributed by atoms with Gasteiger partial charge in [0.2, 0.25) is 6.67 Å². The normalized spacial score (nSPS) is 48.1. The Bertz CT molecular complexity index is 414. The lowest BCUT2D eigenvalue weighted by Crippen LogP contribution is -2.86. The molecule has 0 radical (unpaired) electrons. The Hall–Kier alpha value is -0.275. The molecule has 0 aromatic heterocycles. The van der Waals surface area contributed by atoms with Crippen LogP contribution in [0, 0.1) is 0 Å². The quantitative estimate of drug-likeness (QED) is 0.534. The molecule has 0 aliphatic carbocycles. The van der Waals surface area contributed by atoms with Gasteiger partial charge < -0.3 is 0 Å². The van der Waals surface area contributed by atoms with Gasteiger partial charge in [0.15, 0.2) is 18.5 Å². The molecule has 5 rings (SSSR count). The molecule has 21 heavy (non-hydrogen) atoms. The Morgan fingerprint density at radius 3 is 1.62 bits per heavy atom. The molecule has 0 amide bonds. The van der Waals surface area contributed by atoms with Crippen LogP contribution in [-0.2, 0) is 0 Å². The van der Waals surface area contributed by atoms with Crippen LogP contribution < -0.4 is 0 Å². The molecule has 0 aromatic rings. The SMILES string of the molecule is CC(C)[N+]12C=C[N+](C(C)C)(C1)C2B1C2CCCC1CCC2. The smallest absolute Gasteiger partial charge is 0.205 e. The van der Waals surface area contributed by atoms with Gasteiger partial charge in [-0.05, 0) is 39.3 Å². The van der Waals surface area contributed by atoms with Crippen LogP contribution in [0.3, 0.4) is 0 Å². The Balaban J connectivity index is 1.72. The van der Waals surface area contributed by atoms with Crippen molar-refractivity contribution in [3.63, 3.8) is 0 Å². The summed E-state index contributed by atoms with van der Waals surface area (Å²) in [4.78, 5) is 0. The van der Waals surface area contributed by atoms with Crippen LogP contribution in [0.2, 0.25) is 11.6 Å². The lowest BCUT2D eigenvalue weighted by atomic mass is 9.24. The van der Waals surface area contributed by atoms with Gasteiger partial charge in [-0.25, -0.2) is 8.97 Å². The van der Waals surface area contributed by atoms with Crippen LogP contribution in [-0.4, -0.2) is 40.5 Å². The molecule has 3 heteroatoms. The summed E-state index contributed by atoms with van der Waals surface area (Å²) in [7, 11) is 0. The highest BCUT2D eigenvalue weighted by molar-refractivity contribution is 6.63. The fourth-order valence-electron chi connectivity index (χ4n) is 6.55. The standard InChI is InChI=1S/C18H33BN2/c1-14(2)20-11-12-21(13-20,15(3)4)18(20)19-16-7-5-8-17(19)10-6-9-16/h11-12,14-18H,5-10,13H2,1-4H3/q+2. The average molecular weight is 288 g/mol. The van der Waals surface area contributed by atoms with E-state index in [-0.39, 0.29) is 0 Å². The van der Waals surface area contributed by atoms with Gasteiger partial charge in [-0.1, -0.05) is 38.5 Å². The van der Waals surface area contributed by atoms with Crippen LogP contribution in [0.5, 0.6) is 0 Å². The third-order valence-electron chi connectivity index (χ3n) is 7.75. The molecule has 2 nitrogen and oxygen atoms in total. The Morgan fingerprint density at radius 1 is 0.810 bits per heavy atom. The molecule has 116 valence electrons. The highest BCUT2D eigenvalue weighted by Crippen LogP contribution is 2.58. The Labute approximate surface area is 131 Å². The van der Waals surface area contributed by atoms with Crippen LogP contribution in [0.25, 0.3) is 0 Å². The van der Waals surface area contributed by atoms with E-state index >= 15 is 0 Å². The zero-order chi connectivity index (χ0) is 14.8. The average Bonchev–Trinajstić information content (AvgIpc) is 2.94. The third-order valence-corrected chi connectivity index (χ3v) is 7.75. The van der Waals surface area contributed by atoms with Crippen LogP contribution in [0.4, 0.5) is 0 Å². The summed E-state index contributed by atoms with van der Waals surface area (Å²) >= 11 is 0. The van der Waals surface area contributed by atoms with Crippen LogP contribution in [0.1, 0.15) is 66.2 Å². The van der Waals surface area contributed by atoms with Crippen molar-refractivity contribution in [3.8, 4) is 0 Å². The maximum atomic E-state index is 2.60. The molecule has 5 aliphatic rings. The van der Waals surface area contributed by atoms with Crippen LogP contribution in [0.15, 0.2) is 12.4 Å². The molecule has 4 bridgehead atoms. The van der Waals surface area contributed by atoms with Gasteiger partial charge in [0.25, 0.3) is 6.71 Å². The van der Waals surface area contributed by atoms with Gasteiger partial charge >= 0.3 is 0 Å².